The zero-order chi connectivity index (χ0) is 28.0. The zero-order valence-corrected chi connectivity index (χ0v) is 24.3. The lowest BCUT2D eigenvalue weighted by Crippen LogP contribution is -2.52. The minimum Gasteiger partial charge on any atom is -0.357 e. The van der Waals surface area contributed by atoms with Crippen molar-refractivity contribution in [3.05, 3.63) is 97.9 Å². The van der Waals surface area contributed by atoms with Gasteiger partial charge in [0.25, 0.3) is 0 Å². The Morgan fingerprint density at radius 2 is 1.53 bits per heavy atom. The molecule has 1 unspecified atom stereocenters. The normalized spacial score (nSPS) is 12.1. The Balaban J connectivity index is 2.07. The minimum atomic E-state index is -3.98. The van der Waals surface area contributed by atoms with Gasteiger partial charge in [0.1, 0.15) is 12.6 Å². The van der Waals surface area contributed by atoms with Crippen LogP contribution in [-0.4, -0.2) is 51.0 Å². The van der Waals surface area contributed by atoms with Crippen LogP contribution in [0.25, 0.3) is 0 Å². The summed E-state index contributed by atoms with van der Waals surface area (Å²) in [4.78, 5) is 28.3. The summed E-state index contributed by atoms with van der Waals surface area (Å²) in [5.41, 5.74) is 1.45. The number of hydrogen-bond donors (Lipinski definition) is 1. The number of nitrogens with one attached hydrogen (secondary N) is 1. The van der Waals surface area contributed by atoms with Crippen molar-refractivity contribution in [2.24, 2.45) is 0 Å². The van der Waals surface area contributed by atoms with Crippen LogP contribution in [0.3, 0.4) is 0 Å². The predicted octanol–water partition coefficient (Wildman–Crippen LogP) is 5.45. The summed E-state index contributed by atoms with van der Waals surface area (Å²) >= 11 is 24.6. The number of sulfonamides is 1. The van der Waals surface area contributed by atoms with Crippen LogP contribution in [-0.2, 0) is 32.6 Å². The smallest absolute Gasteiger partial charge is 0.244 e. The molecule has 0 radical (unpaired) electrons. The Bertz CT molecular complexity index is 1420. The lowest BCUT2D eigenvalue weighted by atomic mass is 10.0. The quantitative estimate of drug-likeness (QED) is 0.328. The number of halogens is 4. The van der Waals surface area contributed by atoms with Gasteiger partial charge >= 0.3 is 0 Å². The molecule has 2 amide bonds. The van der Waals surface area contributed by atoms with Gasteiger partial charge in [-0.05, 0) is 41.5 Å². The van der Waals surface area contributed by atoms with Crippen LogP contribution in [0.4, 0.5) is 5.69 Å². The summed E-state index contributed by atoms with van der Waals surface area (Å²) in [6.07, 6.45) is 1.14. The van der Waals surface area contributed by atoms with Crippen molar-refractivity contribution in [1.82, 2.24) is 10.2 Å². The van der Waals surface area contributed by atoms with E-state index < -0.39 is 34.4 Å². The van der Waals surface area contributed by atoms with Crippen LogP contribution < -0.4 is 9.62 Å². The second kappa shape index (κ2) is 13.0. The molecular weight excluding hydrogens is 592 g/mol. The highest BCUT2D eigenvalue weighted by Gasteiger charge is 2.33. The third-order valence-corrected chi connectivity index (χ3v) is 8.13. The second-order valence-corrected chi connectivity index (χ2v) is 12.0. The molecule has 0 saturated carbocycles. The third kappa shape index (κ3) is 7.77. The average Bonchev–Trinajstić information content (AvgIpc) is 2.87. The summed E-state index contributed by atoms with van der Waals surface area (Å²) in [5, 5.41) is 3.55. The first-order chi connectivity index (χ1) is 17.9. The van der Waals surface area contributed by atoms with Crippen LogP contribution in [0.15, 0.2) is 66.7 Å². The molecule has 38 heavy (non-hydrogen) atoms. The number of rotatable bonds is 10. The fourth-order valence-electron chi connectivity index (χ4n) is 3.83. The Kier molecular flexibility index (Phi) is 10.3. The highest BCUT2D eigenvalue weighted by Crippen LogP contribution is 2.31. The van der Waals surface area contributed by atoms with Crippen LogP contribution in [0.5, 0.6) is 0 Å². The molecule has 1 atom stereocenters. The molecule has 3 rings (SSSR count). The van der Waals surface area contributed by atoms with Crippen molar-refractivity contribution >= 4 is 73.9 Å². The Hall–Kier alpha value is -2.49. The number of carbonyl (C=O) groups is 2. The summed E-state index contributed by atoms with van der Waals surface area (Å²) < 4.78 is 26.4. The first-order valence-electron chi connectivity index (χ1n) is 11.3. The van der Waals surface area contributed by atoms with Gasteiger partial charge in [-0.3, -0.25) is 13.9 Å². The van der Waals surface area contributed by atoms with Gasteiger partial charge in [-0.25, -0.2) is 8.42 Å². The van der Waals surface area contributed by atoms with Gasteiger partial charge in [0.15, 0.2) is 0 Å². The maximum absolute atomic E-state index is 13.9. The molecule has 3 aromatic carbocycles. The Morgan fingerprint density at radius 1 is 0.868 bits per heavy atom. The first-order valence-corrected chi connectivity index (χ1v) is 14.7. The van der Waals surface area contributed by atoms with E-state index in [0.717, 1.165) is 16.1 Å². The molecular formula is C26H25Cl4N3O4S. The molecule has 0 fully saturated rings. The molecule has 3 aromatic rings. The largest absolute Gasteiger partial charge is 0.357 e. The highest BCUT2D eigenvalue weighted by molar-refractivity contribution is 7.92. The lowest BCUT2D eigenvalue weighted by Gasteiger charge is -2.33. The summed E-state index contributed by atoms with van der Waals surface area (Å²) in [5.74, 6) is -1.06. The average molecular weight is 617 g/mol. The third-order valence-electron chi connectivity index (χ3n) is 5.71. The van der Waals surface area contributed by atoms with Gasteiger partial charge in [-0.2, -0.15) is 0 Å². The number of amides is 2. The highest BCUT2D eigenvalue weighted by atomic mass is 35.5. The maximum Gasteiger partial charge on any atom is 0.244 e. The van der Waals surface area contributed by atoms with E-state index in [-0.39, 0.29) is 33.7 Å². The van der Waals surface area contributed by atoms with Crippen molar-refractivity contribution in [2.45, 2.75) is 19.0 Å². The summed E-state index contributed by atoms with van der Waals surface area (Å²) in [6, 6.07) is 17.4. The molecule has 0 aromatic heterocycles. The van der Waals surface area contributed by atoms with E-state index in [2.05, 4.69) is 5.32 Å². The molecule has 0 bridgehead atoms. The van der Waals surface area contributed by atoms with Gasteiger partial charge < -0.3 is 10.2 Å². The molecule has 0 aliphatic carbocycles. The van der Waals surface area contributed by atoms with Gasteiger partial charge in [-0.1, -0.05) is 82.8 Å². The number of carbonyl (C=O) groups excluding carboxylic acids is 2. The van der Waals surface area contributed by atoms with Gasteiger partial charge in [-0.15, -0.1) is 0 Å². The van der Waals surface area contributed by atoms with E-state index >= 15 is 0 Å². The van der Waals surface area contributed by atoms with Crippen LogP contribution in [0, 0.1) is 0 Å². The number of anilines is 1. The molecule has 0 heterocycles. The van der Waals surface area contributed by atoms with Gasteiger partial charge in [0.2, 0.25) is 21.8 Å². The van der Waals surface area contributed by atoms with E-state index in [1.165, 1.54) is 30.1 Å². The van der Waals surface area contributed by atoms with Crippen molar-refractivity contribution in [3.63, 3.8) is 0 Å². The van der Waals surface area contributed by atoms with Crippen molar-refractivity contribution in [1.29, 1.82) is 0 Å². The predicted molar refractivity (Wildman–Crippen MR) is 154 cm³/mol. The number of hydrogen-bond acceptors (Lipinski definition) is 4. The second-order valence-electron chi connectivity index (χ2n) is 8.46. The summed E-state index contributed by atoms with van der Waals surface area (Å²) in [7, 11) is -2.51. The van der Waals surface area contributed by atoms with Gasteiger partial charge in [0, 0.05) is 25.0 Å². The summed E-state index contributed by atoms with van der Waals surface area (Å²) in [6.45, 7) is -0.663. The van der Waals surface area contributed by atoms with E-state index in [4.69, 9.17) is 46.4 Å². The number of benzene rings is 3. The molecule has 202 valence electrons. The zero-order valence-electron chi connectivity index (χ0n) is 20.5. The van der Waals surface area contributed by atoms with Crippen molar-refractivity contribution < 1.29 is 18.0 Å². The maximum atomic E-state index is 13.9. The molecule has 1 N–H and O–H groups in total. The molecule has 12 heteroatoms. The van der Waals surface area contributed by atoms with E-state index in [1.807, 2.05) is 30.3 Å². The lowest BCUT2D eigenvalue weighted by molar-refractivity contribution is -0.139. The standard InChI is InChI=1S/C26H25Cl4N3O4S/c1-31-26(35)24(13-17-6-4-3-5-7-17)32(15-18-8-10-20(28)22(30)12-18)25(34)16-33(38(2,36)37)23-14-19(27)9-11-21(23)29/h3-12,14,24H,13,15-16H2,1-2H3,(H,31,35). The monoisotopic (exact) mass is 615 g/mol. The first kappa shape index (κ1) is 30.1. The number of nitrogens with zero attached hydrogens (tertiary/aromatic N) is 2. The SMILES string of the molecule is CNC(=O)C(Cc1ccccc1)N(Cc1ccc(Cl)c(Cl)c1)C(=O)CN(c1cc(Cl)ccc1Cl)S(C)(=O)=O. The van der Waals surface area contributed by atoms with Crippen LogP contribution in [0.1, 0.15) is 11.1 Å². The van der Waals surface area contributed by atoms with Gasteiger partial charge in [0.05, 0.1) is 27.0 Å². The topological polar surface area (TPSA) is 86.8 Å². The fourth-order valence-corrected chi connectivity index (χ4v) is 5.44. The molecule has 0 saturated heterocycles. The van der Waals surface area contributed by atoms with E-state index in [1.54, 1.807) is 18.2 Å². The Labute approximate surface area is 242 Å². The minimum absolute atomic E-state index is 0.0402. The molecule has 7 nitrogen and oxygen atoms in total. The van der Waals surface area contributed by atoms with Crippen molar-refractivity contribution in [2.75, 3.05) is 24.2 Å². The van der Waals surface area contributed by atoms with E-state index in [9.17, 15) is 18.0 Å². The number of likely N-dealkylation sites (N-methyl/N-ethyl adjacent to an activating group) is 1. The molecule has 0 aliphatic heterocycles. The molecule has 0 aliphatic rings. The van der Waals surface area contributed by atoms with E-state index in [0.29, 0.717) is 10.6 Å². The van der Waals surface area contributed by atoms with Crippen LogP contribution >= 0.6 is 46.4 Å². The van der Waals surface area contributed by atoms with Crippen LogP contribution in [0.2, 0.25) is 20.1 Å². The molecule has 0 spiro atoms. The van der Waals surface area contributed by atoms with Crippen molar-refractivity contribution in [3.8, 4) is 0 Å². The fraction of sp³-hybridized carbons (Fsp3) is 0.231. The Morgan fingerprint density at radius 3 is 2.13 bits per heavy atom.